The Morgan fingerprint density at radius 3 is 2.43 bits per heavy atom. The molecule has 0 saturated carbocycles. The van der Waals surface area contributed by atoms with Crippen molar-refractivity contribution in [2.45, 2.75) is 0 Å². The lowest BCUT2D eigenvalue weighted by molar-refractivity contribution is 0.0601. The number of esters is 1. The van der Waals surface area contributed by atoms with E-state index in [4.69, 9.17) is 9.47 Å². The molecule has 0 aliphatic rings. The van der Waals surface area contributed by atoms with Gasteiger partial charge in [0.2, 0.25) is 0 Å². The molecule has 3 nitrogen and oxygen atoms in total. The molecule has 0 amide bonds. The molecule has 0 heterocycles. The zero-order valence-electron chi connectivity index (χ0n) is 12.8. The van der Waals surface area contributed by atoms with Crippen molar-refractivity contribution in [2.24, 2.45) is 0 Å². The van der Waals surface area contributed by atoms with Crippen molar-refractivity contribution >= 4 is 16.7 Å². The Hall–Kier alpha value is -2.88. The maximum Gasteiger partial charge on any atom is 0.337 e. The standard InChI is InChI=1S/C19H15FO3/c1-22-17-8-4-7-15(18(17)20)14-6-3-5-12-9-10-13(11-16(12)14)19(21)23-2/h3-11H,1-2H3. The highest BCUT2D eigenvalue weighted by Gasteiger charge is 2.14. The molecule has 23 heavy (non-hydrogen) atoms. The van der Waals surface area contributed by atoms with E-state index in [2.05, 4.69) is 0 Å². The second kappa shape index (κ2) is 6.08. The van der Waals surface area contributed by atoms with Crippen molar-refractivity contribution in [3.8, 4) is 16.9 Å². The third-order valence-electron chi connectivity index (χ3n) is 3.78. The van der Waals surface area contributed by atoms with Crippen LogP contribution >= 0.6 is 0 Å². The van der Waals surface area contributed by atoms with Crippen molar-refractivity contribution in [1.29, 1.82) is 0 Å². The van der Waals surface area contributed by atoms with Gasteiger partial charge < -0.3 is 9.47 Å². The maximum atomic E-state index is 14.6. The predicted molar refractivity (Wildman–Crippen MR) is 87.2 cm³/mol. The topological polar surface area (TPSA) is 35.5 Å². The Kier molecular flexibility index (Phi) is 3.98. The molecule has 0 aromatic heterocycles. The fraction of sp³-hybridized carbons (Fsp3) is 0.105. The summed E-state index contributed by atoms with van der Waals surface area (Å²) in [6.07, 6.45) is 0. The molecule has 3 rings (SSSR count). The summed E-state index contributed by atoms with van der Waals surface area (Å²) in [6, 6.07) is 15.8. The van der Waals surface area contributed by atoms with E-state index in [-0.39, 0.29) is 5.75 Å². The van der Waals surface area contributed by atoms with Crippen LogP contribution in [0.2, 0.25) is 0 Å². The van der Waals surface area contributed by atoms with Gasteiger partial charge in [0, 0.05) is 5.56 Å². The highest BCUT2D eigenvalue weighted by molar-refractivity contribution is 6.01. The Balaban J connectivity index is 2.27. The first kappa shape index (κ1) is 15.0. The van der Waals surface area contributed by atoms with E-state index in [0.29, 0.717) is 16.7 Å². The van der Waals surface area contributed by atoms with Crippen LogP contribution in [-0.2, 0) is 4.74 Å². The van der Waals surface area contributed by atoms with Gasteiger partial charge in [0.1, 0.15) is 0 Å². The van der Waals surface area contributed by atoms with Crippen molar-refractivity contribution in [3.05, 3.63) is 66.0 Å². The molecule has 3 aromatic carbocycles. The summed E-state index contributed by atoms with van der Waals surface area (Å²) < 4.78 is 24.4. The quantitative estimate of drug-likeness (QED) is 0.671. The summed E-state index contributed by atoms with van der Waals surface area (Å²) in [5, 5.41) is 1.69. The van der Waals surface area contributed by atoms with E-state index in [1.54, 1.807) is 30.3 Å². The monoisotopic (exact) mass is 310 g/mol. The summed E-state index contributed by atoms with van der Waals surface area (Å²) in [5.41, 5.74) is 1.55. The van der Waals surface area contributed by atoms with Crippen LogP contribution in [0.1, 0.15) is 10.4 Å². The van der Waals surface area contributed by atoms with Crippen LogP contribution in [-0.4, -0.2) is 20.2 Å². The molecule has 0 bridgehead atoms. The number of carbonyl (C=O) groups excluding carboxylic acids is 1. The first-order valence-corrected chi connectivity index (χ1v) is 7.09. The number of hydrogen-bond donors (Lipinski definition) is 0. The average molecular weight is 310 g/mol. The fourth-order valence-electron chi connectivity index (χ4n) is 2.63. The Labute approximate surface area is 133 Å². The second-order valence-electron chi connectivity index (χ2n) is 5.05. The summed E-state index contributed by atoms with van der Waals surface area (Å²) in [4.78, 5) is 11.8. The van der Waals surface area contributed by atoms with Crippen molar-refractivity contribution in [2.75, 3.05) is 14.2 Å². The van der Waals surface area contributed by atoms with E-state index in [1.807, 2.05) is 24.3 Å². The predicted octanol–water partition coefficient (Wildman–Crippen LogP) is 4.44. The molecule has 0 aliphatic carbocycles. The maximum absolute atomic E-state index is 14.6. The van der Waals surface area contributed by atoms with Gasteiger partial charge >= 0.3 is 5.97 Å². The molecule has 0 fully saturated rings. The van der Waals surface area contributed by atoms with E-state index < -0.39 is 11.8 Å². The zero-order chi connectivity index (χ0) is 16.4. The third-order valence-corrected chi connectivity index (χ3v) is 3.78. The summed E-state index contributed by atoms with van der Waals surface area (Å²) in [7, 11) is 2.76. The van der Waals surface area contributed by atoms with Gasteiger partial charge in [-0.2, -0.15) is 0 Å². The van der Waals surface area contributed by atoms with Gasteiger partial charge in [-0.3, -0.25) is 0 Å². The lowest BCUT2D eigenvalue weighted by Crippen LogP contribution is -2.01. The lowest BCUT2D eigenvalue weighted by atomic mass is 9.96. The Morgan fingerprint density at radius 1 is 0.957 bits per heavy atom. The summed E-state index contributed by atoms with van der Waals surface area (Å²) in [6.45, 7) is 0. The minimum absolute atomic E-state index is 0.184. The lowest BCUT2D eigenvalue weighted by Gasteiger charge is -2.11. The molecule has 4 heteroatoms. The van der Waals surface area contributed by atoms with Gasteiger partial charge in [0.25, 0.3) is 0 Å². The summed E-state index contributed by atoms with van der Waals surface area (Å²) >= 11 is 0. The Bertz CT molecular complexity index is 887. The van der Waals surface area contributed by atoms with Gasteiger partial charge in [0.05, 0.1) is 19.8 Å². The summed E-state index contributed by atoms with van der Waals surface area (Å²) in [5.74, 6) is -0.664. The molecule has 0 atom stereocenters. The van der Waals surface area contributed by atoms with E-state index in [9.17, 15) is 9.18 Å². The molecule has 0 aliphatic heterocycles. The van der Waals surface area contributed by atoms with Gasteiger partial charge in [-0.05, 0) is 34.5 Å². The molecule has 0 unspecified atom stereocenters. The molecule has 3 aromatic rings. The first-order valence-electron chi connectivity index (χ1n) is 7.09. The number of methoxy groups -OCH3 is 2. The highest BCUT2D eigenvalue weighted by Crippen LogP contribution is 2.34. The molecular formula is C19H15FO3. The van der Waals surface area contributed by atoms with Gasteiger partial charge in [-0.1, -0.05) is 36.4 Å². The van der Waals surface area contributed by atoms with E-state index in [0.717, 1.165) is 10.8 Å². The first-order chi connectivity index (χ1) is 11.2. The van der Waals surface area contributed by atoms with Crippen LogP contribution in [0.4, 0.5) is 4.39 Å². The molecule has 0 saturated heterocycles. The Morgan fingerprint density at radius 2 is 1.70 bits per heavy atom. The number of rotatable bonds is 3. The molecular weight excluding hydrogens is 295 g/mol. The molecule has 0 N–H and O–H groups in total. The molecule has 116 valence electrons. The fourth-order valence-corrected chi connectivity index (χ4v) is 2.63. The van der Waals surface area contributed by atoms with Crippen molar-refractivity contribution in [1.82, 2.24) is 0 Å². The van der Waals surface area contributed by atoms with Crippen LogP contribution in [0, 0.1) is 5.82 Å². The van der Waals surface area contributed by atoms with Crippen LogP contribution < -0.4 is 4.74 Å². The number of carbonyl (C=O) groups is 1. The van der Waals surface area contributed by atoms with Crippen LogP contribution in [0.5, 0.6) is 5.75 Å². The average Bonchev–Trinajstić information content (AvgIpc) is 2.60. The smallest absolute Gasteiger partial charge is 0.337 e. The van der Waals surface area contributed by atoms with Gasteiger partial charge in [-0.25, -0.2) is 9.18 Å². The van der Waals surface area contributed by atoms with Crippen LogP contribution in [0.25, 0.3) is 21.9 Å². The minimum Gasteiger partial charge on any atom is -0.494 e. The number of hydrogen-bond acceptors (Lipinski definition) is 3. The van der Waals surface area contributed by atoms with Gasteiger partial charge in [-0.15, -0.1) is 0 Å². The number of halogens is 1. The normalized spacial score (nSPS) is 10.6. The van der Waals surface area contributed by atoms with E-state index in [1.165, 1.54) is 14.2 Å². The SMILES string of the molecule is COC(=O)c1ccc2cccc(-c3cccc(OC)c3F)c2c1. The zero-order valence-corrected chi connectivity index (χ0v) is 12.8. The number of benzene rings is 3. The van der Waals surface area contributed by atoms with Gasteiger partial charge in [0.15, 0.2) is 11.6 Å². The van der Waals surface area contributed by atoms with Crippen molar-refractivity contribution < 1.29 is 18.7 Å². The molecule has 0 spiro atoms. The number of fused-ring (bicyclic) bond motifs is 1. The molecule has 0 radical (unpaired) electrons. The van der Waals surface area contributed by atoms with Crippen LogP contribution in [0.15, 0.2) is 54.6 Å². The van der Waals surface area contributed by atoms with Crippen molar-refractivity contribution in [3.63, 3.8) is 0 Å². The third kappa shape index (κ3) is 2.63. The number of ether oxygens (including phenoxy) is 2. The second-order valence-corrected chi connectivity index (χ2v) is 5.05. The highest BCUT2D eigenvalue weighted by atomic mass is 19.1. The van der Waals surface area contributed by atoms with Crippen LogP contribution in [0.3, 0.4) is 0 Å². The minimum atomic E-state index is -0.425. The van der Waals surface area contributed by atoms with E-state index >= 15 is 0 Å². The largest absolute Gasteiger partial charge is 0.494 e.